The minimum Gasteiger partial charge on any atom is -0.459 e. The normalized spacial score (nSPS) is 15.3. The standard InChI is InChI=1S/C13H21F3O2/c1-6-9(4)7-11(8(2)3)18-12(17)10(5)13(14,15)16/h8-9,11H,5-7H2,1-4H3. The monoisotopic (exact) mass is 266 g/mol. The smallest absolute Gasteiger partial charge is 0.422 e. The highest BCUT2D eigenvalue weighted by atomic mass is 19.4. The van der Waals surface area contributed by atoms with E-state index in [9.17, 15) is 18.0 Å². The number of rotatable bonds is 6. The van der Waals surface area contributed by atoms with Gasteiger partial charge in [0.25, 0.3) is 0 Å². The molecular weight excluding hydrogens is 245 g/mol. The molecule has 0 amide bonds. The molecule has 5 heteroatoms. The summed E-state index contributed by atoms with van der Waals surface area (Å²) in [5.41, 5.74) is -1.45. The van der Waals surface area contributed by atoms with Crippen molar-refractivity contribution in [3.63, 3.8) is 0 Å². The van der Waals surface area contributed by atoms with Crippen molar-refractivity contribution in [1.29, 1.82) is 0 Å². The lowest BCUT2D eigenvalue weighted by molar-refractivity contribution is -0.158. The molecule has 18 heavy (non-hydrogen) atoms. The Morgan fingerprint density at radius 3 is 2.11 bits per heavy atom. The number of hydrogen-bond acceptors (Lipinski definition) is 2. The van der Waals surface area contributed by atoms with Crippen LogP contribution in [-0.4, -0.2) is 18.2 Å². The van der Waals surface area contributed by atoms with Crippen LogP contribution in [0.25, 0.3) is 0 Å². The number of halogens is 3. The Morgan fingerprint density at radius 2 is 1.78 bits per heavy atom. The van der Waals surface area contributed by atoms with E-state index in [1.165, 1.54) is 0 Å². The first kappa shape index (κ1) is 17.0. The number of ether oxygens (including phenoxy) is 1. The van der Waals surface area contributed by atoms with Crippen molar-refractivity contribution >= 4 is 5.97 Å². The van der Waals surface area contributed by atoms with E-state index in [2.05, 4.69) is 6.58 Å². The predicted molar refractivity (Wildman–Crippen MR) is 64.0 cm³/mol. The van der Waals surface area contributed by atoms with E-state index in [4.69, 9.17) is 4.74 Å². The maximum atomic E-state index is 12.3. The van der Waals surface area contributed by atoms with E-state index in [0.29, 0.717) is 12.3 Å². The first-order chi connectivity index (χ1) is 8.09. The third-order valence-corrected chi connectivity index (χ3v) is 2.92. The van der Waals surface area contributed by atoms with Gasteiger partial charge in [-0.25, -0.2) is 4.79 Å². The van der Waals surface area contributed by atoms with Gasteiger partial charge >= 0.3 is 12.1 Å². The molecule has 0 aliphatic carbocycles. The van der Waals surface area contributed by atoms with Crippen LogP contribution >= 0.6 is 0 Å². The van der Waals surface area contributed by atoms with Crippen molar-refractivity contribution in [2.24, 2.45) is 11.8 Å². The maximum absolute atomic E-state index is 12.3. The molecule has 2 nitrogen and oxygen atoms in total. The summed E-state index contributed by atoms with van der Waals surface area (Å²) < 4.78 is 41.8. The van der Waals surface area contributed by atoms with Crippen molar-refractivity contribution in [3.05, 3.63) is 12.2 Å². The summed E-state index contributed by atoms with van der Waals surface area (Å²) in [6, 6.07) is 0. The lowest BCUT2D eigenvalue weighted by Crippen LogP contribution is -2.29. The van der Waals surface area contributed by atoms with Gasteiger partial charge in [-0.3, -0.25) is 0 Å². The summed E-state index contributed by atoms with van der Waals surface area (Å²) in [6.45, 7) is 10.3. The molecule has 0 aliphatic heterocycles. The molecule has 0 aliphatic rings. The van der Waals surface area contributed by atoms with Gasteiger partial charge in [0, 0.05) is 0 Å². The van der Waals surface area contributed by atoms with Crippen molar-refractivity contribution in [3.8, 4) is 0 Å². The second-order valence-corrected chi connectivity index (χ2v) is 4.91. The van der Waals surface area contributed by atoms with E-state index >= 15 is 0 Å². The van der Waals surface area contributed by atoms with Crippen molar-refractivity contribution in [2.75, 3.05) is 0 Å². The predicted octanol–water partition coefficient (Wildman–Crippen LogP) is 4.11. The largest absolute Gasteiger partial charge is 0.459 e. The molecule has 0 spiro atoms. The Bertz CT molecular complexity index is 295. The fourth-order valence-corrected chi connectivity index (χ4v) is 1.34. The highest BCUT2D eigenvalue weighted by Crippen LogP contribution is 2.27. The first-order valence-electron chi connectivity index (χ1n) is 6.06. The fraction of sp³-hybridized carbons (Fsp3) is 0.769. The van der Waals surface area contributed by atoms with Crippen LogP contribution in [0.5, 0.6) is 0 Å². The third kappa shape index (κ3) is 5.56. The van der Waals surface area contributed by atoms with E-state index in [1.54, 1.807) is 0 Å². The van der Waals surface area contributed by atoms with Gasteiger partial charge < -0.3 is 4.74 Å². The SMILES string of the molecule is C=C(C(=O)OC(CC(C)CC)C(C)C)C(F)(F)F. The van der Waals surface area contributed by atoms with Gasteiger partial charge in [0.2, 0.25) is 0 Å². The Kier molecular flexibility index (Phi) is 6.43. The molecule has 0 aromatic heterocycles. The average Bonchev–Trinajstić information content (AvgIpc) is 2.25. The number of carbonyl (C=O) groups excluding carboxylic acids is 1. The molecule has 0 rings (SSSR count). The zero-order valence-corrected chi connectivity index (χ0v) is 11.3. The van der Waals surface area contributed by atoms with Crippen LogP contribution in [0.3, 0.4) is 0 Å². The van der Waals surface area contributed by atoms with Gasteiger partial charge in [-0.1, -0.05) is 40.7 Å². The number of hydrogen-bond donors (Lipinski definition) is 0. The van der Waals surface area contributed by atoms with Gasteiger partial charge in [0.15, 0.2) is 0 Å². The zero-order valence-electron chi connectivity index (χ0n) is 11.3. The molecule has 0 fully saturated rings. The van der Waals surface area contributed by atoms with E-state index in [0.717, 1.165) is 6.42 Å². The van der Waals surface area contributed by atoms with Gasteiger partial charge in [0.1, 0.15) is 11.7 Å². The molecule has 2 atom stereocenters. The highest BCUT2D eigenvalue weighted by Gasteiger charge is 2.39. The first-order valence-corrected chi connectivity index (χ1v) is 6.06. The molecule has 0 aromatic carbocycles. The summed E-state index contributed by atoms with van der Waals surface area (Å²) in [7, 11) is 0. The minimum atomic E-state index is -4.73. The number of carbonyl (C=O) groups is 1. The Morgan fingerprint density at radius 1 is 1.28 bits per heavy atom. The van der Waals surface area contributed by atoms with E-state index in [1.807, 2.05) is 27.7 Å². The van der Waals surface area contributed by atoms with Gasteiger partial charge in [-0.2, -0.15) is 13.2 Å². The van der Waals surface area contributed by atoms with Crippen LogP contribution in [0.15, 0.2) is 12.2 Å². The number of esters is 1. The maximum Gasteiger partial charge on any atom is 0.422 e. The van der Waals surface area contributed by atoms with E-state index in [-0.39, 0.29) is 5.92 Å². The van der Waals surface area contributed by atoms with Gasteiger partial charge in [-0.05, 0) is 18.3 Å². The topological polar surface area (TPSA) is 26.3 Å². The van der Waals surface area contributed by atoms with Crippen LogP contribution in [0, 0.1) is 11.8 Å². The van der Waals surface area contributed by atoms with Crippen LogP contribution in [0.2, 0.25) is 0 Å². The molecule has 0 bridgehead atoms. The molecular formula is C13H21F3O2. The Balaban J connectivity index is 4.60. The molecule has 106 valence electrons. The zero-order chi connectivity index (χ0) is 14.5. The second-order valence-electron chi connectivity index (χ2n) is 4.91. The van der Waals surface area contributed by atoms with Crippen molar-refractivity contribution < 1.29 is 22.7 Å². The van der Waals surface area contributed by atoms with Crippen LogP contribution in [0.4, 0.5) is 13.2 Å². The molecule has 2 unspecified atom stereocenters. The minimum absolute atomic E-state index is 0.0241. The molecule has 0 N–H and O–H groups in total. The summed E-state index contributed by atoms with van der Waals surface area (Å²) in [4.78, 5) is 11.3. The lowest BCUT2D eigenvalue weighted by atomic mass is 9.94. The third-order valence-electron chi connectivity index (χ3n) is 2.92. The second kappa shape index (κ2) is 6.81. The summed E-state index contributed by atoms with van der Waals surface area (Å²) in [5.74, 6) is -1.10. The number of alkyl halides is 3. The van der Waals surface area contributed by atoms with Crippen molar-refractivity contribution in [2.45, 2.75) is 52.8 Å². The summed E-state index contributed by atoms with van der Waals surface area (Å²) >= 11 is 0. The molecule has 0 saturated heterocycles. The van der Waals surface area contributed by atoms with Crippen LogP contribution in [0.1, 0.15) is 40.5 Å². The van der Waals surface area contributed by atoms with Gasteiger partial charge in [-0.15, -0.1) is 0 Å². The fourth-order valence-electron chi connectivity index (χ4n) is 1.34. The molecule has 0 heterocycles. The highest BCUT2D eigenvalue weighted by molar-refractivity contribution is 5.89. The summed E-state index contributed by atoms with van der Waals surface area (Å²) in [5, 5.41) is 0. The lowest BCUT2D eigenvalue weighted by Gasteiger charge is -2.24. The summed E-state index contributed by atoms with van der Waals surface area (Å²) in [6.07, 6.45) is -3.78. The molecule has 0 aromatic rings. The van der Waals surface area contributed by atoms with Crippen LogP contribution < -0.4 is 0 Å². The Hall–Kier alpha value is -1.00. The van der Waals surface area contributed by atoms with Crippen LogP contribution in [-0.2, 0) is 9.53 Å². The molecule has 0 radical (unpaired) electrons. The van der Waals surface area contributed by atoms with E-state index < -0.39 is 23.8 Å². The quantitative estimate of drug-likeness (QED) is 0.534. The molecule has 0 saturated carbocycles. The average molecular weight is 266 g/mol. The van der Waals surface area contributed by atoms with Gasteiger partial charge in [0.05, 0.1) is 0 Å². The Labute approximate surface area is 106 Å². The van der Waals surface area contributed by atoms with Crippen molar-refractivity contribution in [1.82, 2.24) is 0 Å².